The summed E-state index contributed by atoms with van der Waals surface area (Å²) in [4.78, 5) is 0. The first kappa shape index (κ1) is 11.7. The molecule has 1 aliphatic carbocycles. The standard InChI is InChI=1S/C14H18ClN/c15-13-6-3-5-11(9-13)8-12-4-1-2-7-14(16)10-12/h3,5-6,9-10,14H,1-2,4,7-8,16H2. The molecule has 2 N–H and O–H groups in total. The Labute approximate surface area is 102 Å². The van der Waals surface area contributed by atoms with Crippen LogP contribution in [-0.2, 0) is 6.42 Å². The molecule has 1 aromatic rings. The zero-order valence-electron chi connectivity index (χ0n) is 9.45. The lowest BCUT2D eigenvalue weighted by Crippen LogP contribution is -2.16. The monoisotopic (exact) mass is 235 g/mol. The summed E-state index contributed by atoms with van der Waals surface area (Å²) in [5.41, 5.74) is 8.76. The first-order valence-corrected chi connectivity index (χ1v) is 6.31. The molecule has 0 saturated heterocycles. The van der Waals surface area contributed by atoms with Crippen LogP contribution in [0.25, 0.3) is 0 Å². The molecular weight excluding hydrogens is 218 g/mol. The smallest absolute Gasteiger partial charge is 0.0408 e. The van der Waals surface area contributed by atoms with Crippen molar-refractivity contribution in [1.82, 2.24) is 0 Å². The van der Waals surface area contributed by atoms with Crippen LogP contribution in [-0.4, -0.2) is 6.04 Å². The molecule has 0 fully saturated rings. The number of nitrogens with two attached hydrogens (primary N) is 1. The second-order valence-electron chi connectivity index (χ2n) is 4.54. The van der Waals surface area contributed by atoms with Crippen molar-refractivity contribution in [3.05, 3.63) is 46.5 Å². The molecule has 0 aliphatic heterocycles. The maximum atomic E-state index is 6.01. The van der Waals surface area contributed by atoms with E-state index in [1.54, 1.807) is 0 Å². The van der Waals surface area contributed by atoms with Gasteiger partial charge in [-0.1, -0.05) is 41.8 Å². The molecule has 86 valence electrons. The van der Waals surface area contributed by atoms with Gasteiger partial charge in [0.2, 0.25) is 0 Å². The summed E-state index contributed by atoms with van der Waals surface area (Å²) in [5, 5.41) is 0.816. The van der Waals surface area contributed by atoms with Gasteiger partial charge in [0.25, 0.3) is 0 Å². The molecule has 1 unspecified atom stereocenters. The van der Waals surface area contributed by atoms with Crippen molar-refractivity contribution in [2.45, 2.75) is 38.1 Å². The molecule has 0 spiro atoms. The third-order valence-electron chi connectivity index (χ3n) is 3.06. The van der Waals surface area contributed by atoms with Gasteiger partial charge in [-0.25, -0.2) is 0 Å². The summed E-state index contributed by atoms with van der Waals surface area (Å²) >= 11 is 5.98. The maximum Gasteiger partial charge on any atom is 0.0408 e. The van der Waals surface area contributed by atoms with Gasteiger partial charge in [0.15, 0.2) is 0 Å². The van der Waals surface area contributed by atoms with E-state index >= 15 is 0 Å². The number of rotatable bonds is 2. The Balaban J connectivity index is 2.08. The molecule has 0 saturated carbocycles. The fourth-order valence-corrected chi connectivity index (χ4v) is 2.47. The highest BCUT2D eigenvalue weighted by atomic mass is 35.5. The van der Waals surface area contributed by atoms with Crippen molar-refractivity contribution in [2.24, 2.45) is 5.73 Å². The van der Waals surface area contributed by atoms with Crippen LogP contribution in [0.5, 0.6) is 0 Å². The van der Waals surface area contributed by atoms with E-state index < -0.39 is 0 Å². The number of halogens is 1. The Bertz CT molecular complexity index is 384. The van der Waals surface area contributed by atoms with Crippen LogP contribution in [0, 0.1) is 0 Å². The Hall–Kier alpha value is -0.790. The first-order chi connectivity index (χ1) is 7.74. The molecule has 1 nitrogen and oxygen atoms in total. The molecule has 16 heavy (non-hydrogen) atoms. The predicted octanol–water partition coefficient (Wildman–Crippen LogP) is 3.71. The summed E-state index contributed by atoms with van der Waals surface area (Å²) < 4.78 is 0. The Kier molecular flexibility index (Phi) is 4.03. The Morgan fingerprint density at radius 1 is 1.31 bits per heavy atom. The van der Waals surface area contributed by atoms with E-state index in [1.807, 2.05) is 18.2 Å². The molecular formula is C14H18ClN. The van der Waals surface area contributed by atoms with Gasteiger partial charge in [-0.05, 0) is 43.4 Å². The van der Waals surface area contributed by atoms with Crippen LogP contribution in [0.1, 0.15) is 31.2 Å². The number of hydrogen-bond donors (Lipinski definition) is 1. The van der Waals surface area contributed by atoms with Gasteiger partial charge in [0.05, 0.1) is 0 Å². The van der Waals surface area contributed by atoms with Gasteiger partial charge >= 0.3 is 0 Å². The van der Waals surface area contributed by atoms with Gasteiger partial charge < -0.3 is 5.73 Å². The minimum Gasteiger partial charge on any atom is -0.324 e. The van der Waals surface area contributed by atoms with Gasteiger partial charge in [-0.15, -0.1) is 0 Å². The molecule has 0 heterocycles. The van der Waals surface area contributed by atoms with Gasteiger partial charge in [0, 0.05) is 11.1 Å². The highest BCUT2D eigenvalue weighted by Crippen LogP contribution is 2.21. The Morgan fingerprint density at radius 2 is 2.19 bits per heavy atom. The van der Waals surface area contributed by atoms with E-state index in [0.717, 1.165) is 17.9 Å². The summed E-state index contributed by atoms with van der Waals surface area (Å²) in [6, 6.07) is 8.34. The number of allylic oxidation sites excluding steroid dienone is 1. The van der Waals surface area contributed by atoms with Crippen LogP contribution in [0.3, 0.4) is 0 Å². The zero-order valence-corrected chi connectivity index (χ0v) is 10.2. The maximum absolute atomic E-state index is 6.01. The van der Waals surface area contributed by atoms with E-state index in [2.05, 4.69) is 12.1 Å². The topological polar surface area (TPSA) is 26.0 Å². The third kappa shape index (κ3) is 3.36. The van der Waals surface area contributed by atoms with Crippen LogP contribution in [0.2, 0.25) is 5.02 Å². The highest BCUT2D eigenvalue weighted by Gasteiger charge is 2.08. The average Bonchev–Trinajstić information content (AvgIpc) is 2.43. The van der Waals surface area contributed by atoms with Crippen molar-refractivity contribution >= 4 is 11.6 Å². The largest absolute Gasteiger partial charge is 0.324 e. The molecule has 1 atom stereocenters. The lowest BCUT2D eigenvalue weighted by Gasteiger charge is -2.07. The highest BCUT2D eigenvalue weighted by molar-refractivity contribution is 6.30. The summed E-state index contributed by atoms with van der Waals surface area (Å²) in [5.74, 6) is 0. The van der Waals surface area contributed by atoms with E-state index in [4.69, 9.17) is 17.3 Å². The molecule has 0 aromatic heterocycles. The van der Waals surface area contributed by atoms with Gasteiger partial charge in [-0.3, -0.25) is 0 Å². The van der Waals surface area contributed by atoms with E-state index in [1.165, 1.54) is 30.4 Å². The summed E-state index contributed by atoms with van der Waals surface area (Å²) in [6.07, 6.45) is 8.05. The summed E-state index contributed by atoms with van der Waals surface area (Å²) in [7, 11) is 0. The fourth-order valence-electron chi connectivity index (χ4n) is 2.26. The minimum atomic E-state index is 0.247. The van der Waals surface area contributed by atoms with Crippen molar-refractivity contribution in [3.63, 3.8) is 0 Å². The molecule has 1 aromatic carbocycles. The normalized spacial score (nSPS) is 21.4. The molecule has 0 amide bonds. The first-order valence-electron chi connectivity index (χ1n) is 5.93. The third-order valence-corrected chi connectivity index (χ3v) is 3.29. The molecule has 1 aliphatic rings. The lowest BCUT2D eigenvalue weighted by atomic mass is 10.0. The average molecular weight is 236 g/mol. The molecule has 0 bridgehead atoms. The van der Waals surface area contributed by atoms with Gasteiger partial charge in [0.1, 0.15) is 0 Å². The molecule has 2 rings (SSSR count). The fraction of sp³-hybridized carbons (Fsp3) is 0.429. The van der Waals surface area contributed by atoms with Crippen LogP contribution in [0.15, 0.2) is 35.9 Å². The van der Waals surface area contributed by atoms with Crippen LogP contribution in [0.4, 0.5) is 0 Å². The number of benzene rings is 1. The van der Waals surface area contributed by atoms with Crippen molar-refractivity contribution in [3.8, 4) is 0 Å². The predicted molar refractivity (Wildman–Crippen MR) is 69.7 cm³/mol. The van der Waals surface area contributed by atoms with E-state index in [0.29, 0.717) is 0 Å². The van der Waals surface area contributed by atoms with E-state index in [-0.39, 0.29) is 6.04 Å². The molecule has 0 radical (unpaired) electrons. The second-order valence-corrected chi connectivity index (χ2v) is 4.98. The number of hydrogen-bond acceptors (Lipinski definition) is 1. The van der Waals surface area contributed by atoms with Crippen molar-refractivity contribution < 1.29 is 0 Å². The summed E-state index contributed by atoms with van der Waals surface area (Å²) in [6.45, 7) is 0. The van der Waals surface area contributed by atoms with Crippen molar-refractivity contribution in [2.75, 3.05) is 0 Å². The zero-order chi connectivity index (χ0) is 11.4. The minimum absolute atomic E-state index is 0.247. The molecule has 2 heteroatoms. The van der Waals surface area contributed by atoms with Crippen LogP contribution >= 0.6 is 11.6 Å². The quantitative estimate of drug-likeness (QED) is 0.777. The second kappa shape index (κ2) is 5.51. The van der Waals surface area contributed by atoms with E-state index in [9.17, 15) is 0 Å². The SMILES string of the molecule is NC1C=C(Cc2cccc(Cl)c2)CCCC1. The lowest BCUT2D eigenvalue weighted by molar-refractivity contribution is 0.654. The van der Waals surface area contributed by atoms with Crippen LogP contribution < -0.4 is 5.73 Å². The Morgan fingerprint density at radius 3 is 3.00 bits per heavy atom. The van der Waals surface area contributed by atoms with Gasteiger partial charge in [-0.2, -0.15) is 0 Å². The van der Waals surface area contributed by atoms with Crippen molar-refractivity contribution in [1.29, 1.82) is 0 Å².